The first kappa shape index (κ1) is 75.8. The number of rotatable bonds is 27. The van der Waals surface area contributed by atoms with Crippen LogP contribution in [0.3, 0.4) is 0 Å². The Hall–Kier alpha value is -9.43. The number of anilines is 2. The predicted molar refractivity (Wildman–Crippen MR) is 352 cm³/mol. The summed E-state index contributed by atoms with van der Waals surface area (Å²) in [6.45, 7) is 4.91. The molecule has 2 heterocycles. The lowest BCUT2D eigenvalue weighted by Crippen LogP contribution is -2.32. The molecule has 0 saturated carbocycles. The molecule has 15 N–H and O–H groups in total. The van der Waals surface area contributed by atoms with Gasteiger partial charge in [-0.2, -0.15) is 0 Å². The van der Waals surface area contributed by atoms with Crippen molar-refractivity contribution in [2.75, 3.05) is 89.0 Å². The zero-order valence-electron chi connectivity index (χ0n) is 50.8. The van der Waals surface area contributed by atoms with E-state index in [1.807, 2.05) is 146 Å². The third kappa shape index (κ3) is 31.0. The van der Waals surface area contributed by atoms with Crippen molar-refractivity contribution in [3.8, 4) is 22.9 Å². The minimum Gasteiger partial charge on any atom is -0.489 e. The molecule has 23 heteroatoms. The fourth-order valence-corrected chi connectivity index (χ4v) is 7.09. The number of amides is 1. The largest absolute Gasteiger partial charge is 0.489 e. The molecule has 6 aromatic carbocycles. The summed E-state index contributed by atoms with van der Waals surface area (Å²) < 4.78 is 94.6. The molecule has 2 aromatic heterocycles. The van der Waals surface area contributed by atoms with Crippen LogP contribution in [0.2, 0.25) is 0 Å². The van der Waals surface area contributed by atoms with Gasteiger partial charge in [0.1, 0.15) is 36.1 Å². The number of para-hydroxylation sites is 3. The lowest BCUT2D eigenvalue weighted by Gasteiger charge is -2.21. The summed E-state index contributed by atoms with van der Waals surface area (Å²) in [5.41, 5.74) is 41.0. The second-order valence-electron chi connectivity index (χ2n) is 19.0. The topological polar surface area (TPSA) is 283 Å². The summed E-state index contributed by atoms with van der Waals surface area (Å²) in [6.07, 6.45) is 8.03. The molecule has 0 aliphatic rings. The third-order valence-electron chi connectivity index (χ3n) is 12.3. The van der Waals surface area contributed by atoms with Crippen molar-refractivity contribution in [1.29, 1.82) is 0 Å². The van der Waals surface area contributed by atoms with E-state index in [9.17, 15) is 31.1 Å². The Labute approximate surface area is 527 Å². The molecule has 0 aliphatic heterocycles. The number of ether oxygens (including phenoxy) is 4. The standard InChI is InChI=1S/C13H14FN3O.C12H15FN2O.C11H12FN3O.2C11H14FNO.C10H13FN2/c14-7-10(8-15)9-18-12-3-1-11(2-4-12)13-16-5-6-17-13;1-10(16)15(9-11(7-13)8-14)12-5-3-2-4-6-12;12-4-8(5-13)6-16-10-3-1-2-9-11(10)15-7-14-9;2*12-6-11(7-13)9-14-8-10-4-2-1-3-5-10;11-6-9(7-12)8-13-10-4-2-1-3-5-10/h1-7H,8-9,15H2,(H,16,17);2-7H,8-9,14H2,1H3;1-4,7H,5-6,13H2,(H,14,15);2*1-6H,7-9,13H2;1-6,13H,7-8,12H2/b10-7+;11-7+;8-4+;11-6+;11-6-;9-6+. The average Bonchev–Trinajstić information content (AvgIpc) is 2.48. The van der Waals surface area contributed by atoms with Crippen LogP contribution in [-0.2, 0) is 27.5 Å². The lowest BCUT2D eigenvalue weighted by atomic mass is 10.2. The number of nitrogens with two attached hydrogens (primary N) is 6. The molecule has 8 aromatic rings. The van der Waals surface area contributed by atoms with Crippen LogP contribution in [0.25, 0.3) is 22.4 Å². The summed E-state index contributed by atoms with van der Waals surface area (Å²) in [5, 5.41) is 3.06. The van der Waals surface area contributed by atoms with Crippen molar-refractivity contribution in [3.05, 3.63) is 265 Å². The summed E-state index contributed by atoms with van der Waals surface area (Å²) in [7, 11) is 0. The maximum absolute atomic E-state index is 12.4. The fraction of sp³-hybridized carbons (Fsp3) is 0.221. The molecule has 0 aliphatic carbocycles. The third-order valence-corrected chi connectivity index (χ3v) is 12.3. The number of hydrogen-bond acceptors (Lipinski definition) is 14. The van der Waals surface area contributed by atoms with Gasteiger partial charge in [0.05, 0.1) is 82.8 Å². The Bertz CT molecular complexity index is 3320. The monoisotopic (exact) mass is 1260 g/mol. The number of carbonyl (C=O) groups excluding carboxylic acids is 1. The minimum absolute atomic E-state index is 0.104. The molecule has 91 heavy (non-hydrogen) atoms. The highest BCUT2D eigenvalue weighted by atomic mass is 19.1. The van der Waals surface area contributed by atoms with E-state index < -0.39 is 0 Å². The molecule has 0 spiro atoms. The van der Waals surface area contributed by atoms with E-state index >= 15 is 0 Å². The second-order valence-corrected chi connectivity index (χ2v) is 19.0. The molecule has 0 saturated heterocycles. The van der Waals surface area contributed by atoms with Crippen molar-refractivity contribution >= 4 is 28.3 Å². The van der Waals surface area contributed by atoms with Crippen molar-refractivity contribution in [1.82, 2.24) is 19.9 Å². The number of aromatic nitrogens is 4. The highest BCUT2D eigenvalue weighted by molar-refractivity contribution is 5.91. The average molecular weight is 1260 g/mol. The van der Waals surface area contributed by atoms with Gasteiger partial charge in [0.15, 0.2) is 0 Å². The maximum Gasteiger partial charge on any atom is 0.224 e. The zero-order chi connectivity index (χ0) is 66.1. The zero-order valence-corrected chi connectivity index (χ0v) is 50.8. The van der Waals surface area contributed by atoms with Gasteiger partial charge in [-0.15, -0.1) is 0 Å². The Kier molecular flexibility index (Phi) is 39.6. The van der Waals surface area contributed by atoms with Gasteiger partial charge in [0.25, 0.3) is 0 Å². The van der Waals surface area contributed by atoms with E-state index in [4.69, 9.17) is 53.3 Å². The van der Waals surface area contributed by atoms with Crippen LogP contribution in [0.5, 0.6) is 11.5 Å². The number of carbonyl (C=O) groups is 1. The predicted octanol–water partition coefficient (Wildman–Crippen LogP) is 11.8. The van der Waals surface area contributed by atoms with Gasteiger partial charge in [0.2, 0.25) is 5.91 Å². The van der Waals surface area contributed by atoms with Gasteiger partial charge < -0.3 is 73.5 Å². The molecule has 1 amide bonds. The van der Waals surface area contributed by atoms with Gasteiger partial charge in [-0.3, -0.25) is 4.79 Å². The van der Waals surface area contributed by atoms with Gasteiger partial charge in [-0.1, -0.05) is 103 Å². The molecular weight excluding hydrogens is 1180 g/mol. The lowest BCUT2D eigenvalue weighted by molar-refractivity contribution is -0.116. The normalized spacial score (nSPS) is 11.6. The van der Waals surface area contributed by atoms with Crippen molar-refractivity contribution < 1.29 is 50.1 Å². The molecule has 0 unspecified atom stereocenters. The van der Waals surface area contributed by atoms with E-state index in [1.165, 1.54) is 11.8 Å². The number of imidazole rings is 2. The van der Waals surface area contributed by atoms with Crippen molar-refractivity contribution in [2.45, 2.75) is 20.1 Å². The van der Waals surface area contributed by atoms with Crippen LogP contribution >= 0.6 is 0 Å². The van der Waals surface area contributed by atoms with Crippen LogP contribution < -0.4 is 54.1 Å². The van der Waals surface area contributed by atoms with Crippen LogP contribution in [0.4, 0.5) is 37.7 Å². The smallest absolute Gasteiger partial charge is 0.224 e. The van der Waals surface area contributed by atoms with Crippen LogP contribution in [-0.4, -0.2) is 105 Å². The number of H-pyrrole nitrogens is 2. The van der Waals surface area contributed by atoms with Crippen molar-refractivity contribution in [2.24, 2.45) is 34.4 Å². The van der Waals surface area contributed by atoms with Gasteiger partial charge in [-0.05, 0) is 94.1 Å². The highest BCUT2D eigenvalue weighted by Crippen LogP contribution is 2.23. The molecule has 0 bridgehead atoms. The Morgan fingerprint density at radius 3 is 1.42 bits per heavy atom. The molecule has 486 valence electrons. The Morgan fingerprint density at radius 1 is 0.505 bits per heavy atom. The molecule has 0 fully saturated rings. The van der Waals surface area contributed by atoms with E-state index in [-0.39, 0.29) is 78.1 Å². The summed E-state index contributed by atoms with van der Waals surface area (Å²) in [6, 6.07) is 51.1. The van der Waals surface area contributed by atoms with Crippen LogP contribution in [0.15, 0.2) is 254 Å². The minimum atomic E-state index is -0.140. The van der Waals surface area contributed by atoms with Gasteiger partial charge in [-0.25, -0.2) is 36.3 Å². The van der Waals surface area contributed by atoms with Crippen LogP contribution in [0.1, 0.15) is 18.1 Å². The molecular formula is C68H82F6N12O5. The number of nitrogens with zero attached hydrogens (tertiary/aromatic N) is 3. The number of nitrogens with one attached hydrogen (secondary N) is 3. The summed E-state index contributed by atoms with van der Waals surface area (Å²) in [5.74, 6) is 1.94. The van der Waals surface area contributed by atoms with Gasteiger partial charge in [0, 0.05) is 93.2 Å². The number of benzene rings is 6. The Morgan fingerprint density at radius 2 is 0.967 bits per heavy atom. The molecule has 17 nitrogen and oxygen atoms in total. The molecule has 0 radical (unpaired) electrons. The first-order valence-corrected chi connectivity index (χ1v) is 28.5. The van der Waals surface area contributed by atoms with E-state index in [0.29, 0.717) is 103 Å². The van der Waals surface area contributed by atoms with E-state index in [1.54, 1.807) is 36.9 Å². The number of hydrogen-bond donors (Lipinski definition) is 9. The molecule has 0 atom stereocenters. The fourth-order valence-electron chi connectivity index (χ4n) is 7.09. The SMILES string of the molecule is CC(=O)N(C/C(=C/F)CN)c1ccccc1.NC/C(=C/F)COCc1ccccc1.NC/C(=C\F)CNc1ccccc1.NC/C(=C\F)COCc1ccccc1.NC/C(=C\F)COc1ccc(-c2ncc[nH]2)cc1.NC/C(=C\F)COc1cccc2[nH]cnc12. The summed E-state index contributed by atoms with van der Waals surface area (Å²) >= 11 is 0. The van der Waals surface area contributed by atoms with Gasteiger partial charge >= 0.3 is 0 Å². The quantitative estimate of drug-likeness (QED) is 0.0217. The molecule has 8 rings (SSSR count). The summed E-state index contributed by atoms with van der Waals surface area (Å²) in [4.78, 5) is 27.2. The number of aromatic amines is 2. The highest BCUT2D eigenvalue weighted by Gasteiger charge is 2.13. The first-order chi connectivity index (χ1) is 44.5. The van der Waals surface area contributed by atoms with E-state index in [0.717, 1.165) is 44.9 Å². The second kappa shape index (κ2) is 47.6. The Balaban J connectivity index is 0.000000286. The number of halogens is 6. The first-order valence-electron chi connectivity index (χ1n) is 28.5. The maximum atomic E-state index is 12.4. The van der Waals surface area contributed by atoms with Crippen molar-refractivity contribution in [3.63, 3.8) is 0 Å². The van der Waals surface area contributed by atoms with Crippen LogP contribution in [0, 0.1) is 0 Å². The van der Waals surface area contributed by atoms with E-state index in [2.05, 4.69) is 25.3 Å². The number of fused-ring (bicyclic) bond motifs is 1.